The summed E-state index contributed by atoms with van der Waals surface area (Å²) in [6.45, 7) is 1.74. The molecule has 8 nitrogen and oxygen atoms in total. The van der Waals surface area contributed by atoms with Crippen LogP contribution >= 0.6 is 0 Å². The summed E-state index contributed by atoms with van der Waals surface area (Å²) in [4.78, 5) is 21.9. The summed E-state index contributed by atoms with van der Waals surface area (Å²) in [6, 6.07) is 6.99. The highest BCUT2D eigenvalue weighted by molar-refractivity contribution is 6.05. The van der Waals surface area contributed by atoms with E-state index in [1.807, 2.05) is 10.6 Å². The molecule has 156 valence electrons. The van der Waals surface area contributed by atoms with Crippen LogP contribution in [-0.4, -0.2) is 47.7 Å². The molecule has 1 spiro atoms. The third-order valence-corrected chi connectivity index (χ3v) is 6.17. The van der Waals surface area contributed by atoms with Crippen molar-refractivity contribution in [3.63, 3.8) is 0 Å². The van der Waals surface area contributed by atoms with E-state index in [0.29, 0.717) is 34.3 Å². The molecule has 0 atom stereocenters. The summed E-state index contributed by atoms with van der Waals surface area (Å²) in [5.74, 6) is 1.44. The fourth-order valence-corrected chi connectivity index (χ4v) is 4.52. The van der Waals surface area contributed by atoms with Gasteiger partial charge >= 0.3 is 0 Å². The van der Waals surface area contributed by atoms with Gasteiger partial charge in [-0.25, -0.2) is 4.98 Å². The Morgan fingerprint density at radius 1 is 1.23 bits per heavy atom. The SMILES string of the molecule is COc1cccc(NC(=O)c2cn3cc(C4CC5(CCOC5)C4)nc3cc2OC)n1. The number of fused-ring (bicyclic) bond motifs is 1. The second kappa shape index (κ2) is 7.28. The first-order valence-corrected chi connectivity index (χ1v) is 10.1. The predicted octanol–water partition coefficient (Wildman–Crippen LogP) is 3.28. The molecule has 5 rings (SSSR count). The monoisotopic (exact) mass is 408 g/mol. The first-order valence-electron chi connectivity index (χ1n) is 10.1. The van der Waals surface area contributed by atoms with Crippen molar-refractivity contribution in [3.8, 4) is 11.6 Å². The smallest absolute Gasteiger partial charge is 0.262 e. The van der Waals surface area contributed by atoms with E-state index in [2.05, 4.69) is 10.3 Å². The zero-order valence-corrected chi connectivity index (χ0v) is 17.1. The number of ether oxygens (including phenoxy) is 3. The van der Waals surface area contributed by atoms with E-state index in [0.717, 1.165) is 43.8 Å². The summed E-state index contributed by atoms with van der Waals surface area (Å²) in [6.07, 6.45) is 7.15. The molecular formula is C22H24N4O4. The van der Waals surface area contributed by atoms with Gasteiger partial charge in [0.25, 0.3) is 5.91 Å². The van der Waals surface area contributed by atoms with Crippen LogP contribution < -0.4 is 14.8 Å². The molecule has 1 N–H and O–H groups in total. The van der Waals surface area contributed by atoms with Gasteiger partial charge in [-0.3, -0.25) is 4.79 Å². The molecule has 2 fully saturated rings. The molecule has 3 aromatic rings. The maximum absolute atomic E-state index is 12.9. The quantitative estimate of drug-likeness (QED) is 0.697. The van der Waals surface area contributed by atoms with E-state index in [9.17, 15) is 4.79 Å². The minimum absolute atomic E-state index is 0.310. The Morgan fingerprint density at radius 3 is 2.83 bits per heavy atom. The van der Waals surface area contributed by atoms with E-state index in [-0.39, 0.29) is 5.91 Å². The van der Waals surface area contributed by atoms with Crippen molar-refractivity contribution in [1.29, 1.82) is 0 Å². The van der Waals surface area contributed by atoms with Crippen molar-refractivity contribution in [2.75, 3.05) is 32.8 Å². The Balaban J connectivity index is 1.40. The molecule has 1 aliphatic heterocycles. The number of pyridine rings is 2. The molecule has 0 bridgehead atoms. The predicted molar refractivity (Wildman–Crippen MR) is 110 cm³/mol. The number of amides is 1. The number of carbonyl (C=O) groups is 1. The second-order valence-corrected chi connectivity index (χ2v) is 8.11. The maximum atomic E-state index is 12.9. The standard InChI is InChI=1S/C22H24N4O4/c1-28-17-8-19-23-16(14-9-22(10-14)6-7-30-13-22)12-26(19)11-15(17)21(27)25-18-4-3-5-20(24-18)29-2/h3-5,8,11-12,14H,6-7,9-10,13H2,1-2H3,(H,24,25,27). The fourth-order valence-electron chi connectivity index (χ4n) is 4.52. The van der Waals surface area contributed by atoms with E-state index in [4.69, 9.17) is 19.2 Å². The van der Waals surface area contributed by atoms with Gasteiger partial charge in [-0.05, 0) is 30.7 Å². The molecule has 2 aliphatic rings. The number of methoxy groups -OCH3 is 2. The Kier molecular flexibility index (Phi) is 4.58. The molecular weight excluding hydrogens is 384 g/mol. The zero-order valence-electron chi connectivity index (χ0n) is 17.1. The van der Waals surface area contributed by atoms with Crippen molar-refractivity contribution in [2.24, 2.45) is 5.41 Å². The molecule has 4 heterocycles. The molecule has 30 heavy (non-hydrogen) atoms. The summed E-state index contributed by atoms with van der Waals surface area (Å²) in [5.41, 5.74) is 2.59. The van der Waals surface area contributed by atoms with Gasteiger partial charge in [-0.2, -0.15) is 4.98 Å². The van der Waals surface area contributed by atoms with Crippen LogP contribution in [0.15, 0.2) is 36.7 Å². The lowest BCUT2D eigenvalue weighted by atomic mass is 9.61. The first kappa shape index (κ1) is 18.9. The third-order valence-electron chi connectivity index (χ3n) is 6.17. The summed E-state index contributed by atoms with van der Waals surface area (Å²) in [5, 5.41) is 2.80. The van der Waals surface area contributed by atoms with Crippen LogP contribution in [-0.2, 0) is 4.74 Å². The lowest BCUT2D eigenvalue weighted by Crippen LogP contribution is -2.36. The molecule has 8 heteroatoms. The number of imidazole rings is 1. The number of aromatic nitrogens is 3. The molecule has 1 saturated heterocycles. The Morgan fingerprint density at radius 2 is 2.10 bits per heavy atom. The van der Waals surface area contributed by atoms with Crippen molar-refractivity contribution < 1.29 is 19.0 Å². The lowest BCUT2D eigenvalue weighted by Gasteiger charge is -2.43. The highest BCUT2D eigenvalue weighted by Crippen LogP contribution is 2.55. The Labute approximate surface area is 174 Å². The lowest BCUT2D eigenvalue weighted by molar-refractivity contribution is 0.0706. The summed E-state index contributed by atoms with van der Waals surface area (Å²) >= 11 is 0. The number of nitrogens with one attached hydrogen (secondary N) is 1. The van der Waals surface area contributed by atoms with Crippen LogP contribution in [0, 0.1) is 5.41 Å². The van der Waals surface area contributed by atoms with Crippen LogP contribution in [0.1, 0.15) is 41.2 Å². The van der Waals surface area contributed by atoms with Crippen LogP contribution in [0.4, 0.5) is 5.82 Å². The molecule has 1 aliphatic carbocycles. The summed E-state index contributed by atoms with van der Waals surface area (Å²) in [7, 11) is 3.08. The molecule has 1 amide bonds. The Hall–Kier alpha value is -3.13. The molecule has 1 saturated carbocycles. The number of rotatable bonds is 5. The topological polar surface area (TPSA) is 87.0 Å². The average Bonchev–Trinajstić information content (AvgIpc) is 3.38. The van der Waals surface area contributed by atoms with Gasteiger partial charge in [0.15, 0.2) is 0 Å². The van der Waals surface area contributed by atoms with Gasteiger partial charge in [0.1, 0.15) is 17.2 Å². The normalized spacial score (nSPS) is 22.8. The van der Waals surface area contributed by atoms with E-state index in [1.54, 1.807) is 37.6 Å². The Bertz CT molecular complexity index is 1100. The number of hydrogen-bond acceptors (Lipinski definition) is 6. The maximum Gasteiger partial charge on any atom is 0.262 e. The van der Waals surface area contributed by atoms with Crippen LogP contribution in [0.25, 0.3) is 5.65 Å². The minimum atomic E-state index is -0.310. The van der Waals surface area contributed by atoms with E-state index >= 15 is 0 Å². The number of carbonyl (C=O) groups excluding carboxylic acids is 1. The van der Waals surface area contributed by atoms with Crippen LogP contribution in [0.3, 0.4) is 0 Å². The molecule has 0 aromatic carbocycles. The van der Waals surface area contributed by atoms with Gasteiger partial charge < -0.3 is 23.9 Å². The van der Waals surface area contributed by atoms with Gasteiger partial charge in [0.05, 0.1) is 32.1 Å². The molecule has 3 aromatic heterocycles. The van der Waals surface area contributed by atoms with Gasteiger partial charge in [-0.15, -0.1) is 0 Å². The van der Waals surface area contributed by atoms with E-state index < -0.39 is 0 Å². The molecule has 0 unspecified atom stereocenters. The zero-order chi connectivity index (χ0) is 20.7. The highest BCUT2D eigenvalue weighted by atomic mass is 16.5. The number of anilines is 1. The van der Waals surface area contributed by atoms with Crippen molar-refractivity contribution in [3.05, 3.63) is 47.9 Å². The van der Waals surface area contributed by atoms with Gasteiger partial charge in [0, 0.05) is 37.1 Å². The summed E-state index contributed by atoms with van der Waals surface area (Å²) < 4.78 is 18.1. The third kappa shape index (κ3) is 3.27. The van der Waals surface area contributed by atoms with Crippen LogP contribution in [0.2, 0.25) is 0 Å². The fraction of sp³-hybridized carbons (Fsp3) is 0.409. The number of hydrogen-bond donors (Lipinski definition) is 1. The average molecular weight is 408 g/mol. The second-order valence-electron chi connectivity index (χ2n) is 8.11. The van der Waals surface area contributed by atoms with Crippen molar-refractivity contribution in [2.45, 2.75) is 25.2 Å². The van der Waals surface area contributed by atoms with E-state index in [1.165, 1.54) is 7.11 Å². The first-order chi connectivity index (χ1) is 14.6. The number of nitrogens with zero attached hydrogens (tertiary/aromatic N) is 3. The minimum Gasteiger partial charge on any atom is -0.496 e. The highest BCUT2D eigenvalue weighted by Gasteiger charge is 2.47. The van der Waals surface area contributed by atoms with Crippen molar-refractivity contribution in [1.82, 2.24) is 14.4 Å². The largest absolute Gasteiger partial charge is 0.496 e. The molecule has 0 radical (unpaired) electrons. The van der Waals surface area contributed by atoms with Gasteiger partial charge in [0.2, 0.25) is 5.88 Å². The van der Waals surface area contributed by atoms with Crippen LogP contribution in [0.5, 0.6) is 11.6 Å². The van der Waals surface area contributed by atoms with Gasteiger partial charge in [-0.1, -0.05) is 6.07 Å². The van der Waals surface area contributed by atoms with Crippen molar-refractivity contribution >= 4 is 17.4 Å².